The van der Waals surface area contributed by atoms with Crippen molar-refractivity contribution in [2.75, 3.05) is 6.61 Å². The van der Waals surface area contributed by atoms with E-state index in [4.69, 9.17) is 5.11 Å². The molecule has 1 aromatic rings. The van der Waals surface area contributed by atoms with Gasteiger partial charge < -0.3 is 5.11 Å². The van der Waals surface area contributed by atoms with Crippen molar-refractivity contribution < 1.29 is 5.11 Å². The molecule has 0 aliphatic rings. The van der Waals surface area contributed by atoms with Crippen LogP contribution in [0.2, 0.25) is 0 Å². The molecule has 0 saturated heterocycles. The molecule has 0 spiro atoms. The molecule has 0 aliphatic heterocycles. The Kier molecular flexibility index (Phi) is 6.42. The average molecular weight is 248 g/mol. The van der Waals surface area contributed by atoms with Crippen molar-refractivity contribution in [1.82, 2.24) is 0 Å². The number of hydrogen-bond acceptors (Lipinski definition) is 1. The van der Waals surface area contributed by atoms with Gasteiger partial charge in [-0.3, -0.25) is 0 Å². The summed E-state index contributed by atoms with van der Waals surface area (Å²) in [5, 5.41) is 8.93. The molecule has 1 aromatic carbocycles. The van der Waals surface area contributed by atoms with Crippen LogP contribution in [0.1, 0.15) is 58.4 Å². The van der Waals surface area contributed by atoms with Gasteiger partial charge >= 0.3 is 0 Å². The normalized spacial score (nSPS) is 13.6. The van der Waals surface area contributed by atoms with Gasteiger partial charge in [0.05, 0.1) is 0 Å². The number of aliphatic hydroxyl groups excluding tert-OH is 1. The summed E-state index contributed by atoms with van der Waals surface area (Å²) in [4.78, 5) is 0. The van der Waals surface area contributed by atoms with E-state index in [2.05, 4.69) is 51.1 Å². The molecule has 18 heavy (non-hydrogen) atoms. The zero-order valence-corrected chi connectivity index (χ0v) is 12.2. The SMILES string of the molecule is CCCC(CCCCO)C(C)(C)c1ccccc1. The monoisotopic (exact) mass is 248 g/mol. The first-order chi connectivity index (χ1) is 8.62. The van der Waals surface area contributed by atoms with Crippen molar-refractivity contribution in [3.8, 4) is 0 Å². The molecule has 0 fully saturated rings. The Morgan fingerprint density at radius 2 is 1.72 bits per heavy atom. The predicted octanol–water partition coefficient (Wildman–Crippen LogP) is 4.54. The molecule has 0 bridgehead atoms. The Labute approximate surface area is 112 Å². The fourth-order valence-electron chi connectivity index (χ4n) is 2.82. The van der Waals surface area contributed by atoms with Crippen LogP contribution in [-0.4, -0.2) is 11.7 Å². The minimum absolute atomic E-state index is 0.229. The fraction of sp³-hybridized carbons (Fsp3) is 0.647. The van der Waals surface area contributed by atoms with Crippen molar-refractivity contribution in [3.63, 3.8) is 0 Å². The first-order valence-electron chi connectivity index (χ1n) is 7.29. The highest BCUT2D eigenvalue weighted by Gasteiger charge is 2.29. The first kappa shape index (κ1) is 15.2. The second-order valence-electron chi connectivity index (χ2n) is 5.79. The van der Waals surface area contributed by atoms with Gasteiger partial charge in [-0.2, -0.15) is 0 Å². The molecular weight excluding hydrogens is 220 g/mol. The van der Waals surface area contributed by atoms with Gasteiger partial charge in [0.1, 0.15) is 0 Å². The Hall–Kier alpha value is -0.820. The van der Waals surface area contributed by atoms with Gasteiger partial charge in [-0.25, -0.2) is 0 Å². The van der Waals surface area contributed by atoms with Crippen molar-refractivity contribution >= 4 is 0 Å². The summed E-state index contributed by atoms with van der Waals surface area (Å²) in [6.45, 7) is 7.31. The van der Waals surface area contributed by atoms with E-state index in [0.717, 1.165) is 12.8 Å². The molecule has 0 saturated carbocycles. The van der Waals surface area contributed by atoms with Crippen LogP contribution >= 0.6 is 0 Å². The highest BCUT2D eigenvalue weighted by molar-refractivity contribution is 5.24. The number of hydrogen-bond donors (Lipinski definition) is 1. The molecule has 1 rings (SSSR count). The molecule has 1 unspecified atom stereocenters. The van der Waals surface area contributed by atoms with Crippen LogP contribution in [0.3, 0.4) is 0 Å². The first-order valence-corrected chi connectivity index (χ1v) is 7.29. The molecule has 1 heteroatoms. The third-order valence-electron chi connectivity index (χ3n) is 4.14. The molecule has 0 radical (unpaired) electrons. The Morgan fingerprint density at radius 1 is 1.06 bits per heavy atom. The fourth-order valence-corrected chi connectivity index (χ4v) is 2.82. The number of aliphatic hydroxyl groups is 1. The molecule has 0 amide bonds. The van der Waals surface area contributed by atoms with Crippen LogP contribution in [0.15, 0.2) is 30.3 Å². The van der Waals surface area contributed by atoms with Gasteiger partial charge in [-0.15, -0.1) is 0 Å². The molecule has 102 valence electrons. The highest BCUT2D eigenvalue weighted by atomic mass is 16.2. The van der Waals surface area contributed by atoms with E-state index < -0.39 is 0 Å². The standard InChI is InChI=1S/C17H28O/c1-4-10-15(13-8-9-14-18)17(2,3)16-11-6-5-7-12-16/h5-7,11-12,15,18H,4,8-10,13-14H2,1-3H3. The maximum absolute atomic E-state index is 8.93. The lowest BCUT2D eigenvalue weighted by atomic mass is 9.69. The summed E-state index contributed by atoms with van der Waals surface area (Å²) in [5.41, 5.74) is 1.67. The minimum Gasteiger partial charge on any atom is -0.396 e. The van der Waals surface area contributed by atoms with E-state index in [1.807, 2.05) is 0 Å². The molecular formula is C17H28O. The number of rotatable bonds is 8. The smallest absolute Gasteiger partial charge is 0.0431 e. The van der Waals surface area contributed by atoms with Crippen molar-refractivity contribution in [2.45, 2.75) is 58.3 Å². The van der Waals surface area contributed by atoms with Gasteiger partial charge in [0.2, 0.25) is 0 Å². The maximum atomic E-state index is 8.93. The molecule has 1 atom stereocenters. The second-order valence-corrected chi connectivity index (χ2v) is 5.79. The average Bonchev–Trinajstić information content (AvgIpc) is 2.39. The zero-order valence-electron chi connectivity index (χ0n) is 12.2. The largest absolute Gasteiger partial charge is 0.396 e. The maximum Gasteiger partial charge on any atom is 0.0431 e. The summed E-state index contributed by atoms with van der Waals surface area (Å²) < 4.78 is 0. The third kappa shape index (κ3) is 4.13. The Balaban J connectivity index is 2.76. The van der Waals surface area contributed by atoms with E-state index in [9.17, 15) is 0 Å². The lowest BCUT2D eigenvalue weighted by Gasteiger charge is -2.35. The van der Waals surface area contributed by atoms with Crippen molar-refractivity contribution in [1.29, 1.82) is 0 Å². The van der Waals surface area contributed by atoms with Crippen LogP contribution in [-0.2, 0) is 5.41 Å². The summed E-state index contributed by atoms with van der Waals surface area (Å²) >= 11 is 0. The lowest BCUT2D eigenvalue weighted by Crippen LogP contribution is -2.28. The van der Waals surface area contributed by atoms with Crippen LogP contribution < -0.4 is 0 Å². The van der Waals surface area contributed by atoms with Crippen LogP contribution in [0, 0.1) is 5.92 Å². The van der Waals surface area contributed by atoms with E-state index in [1.54, 1.807) is 0 Å². The molecule has 0 aromatic heterocycles. The van der Waals surface area contributed by atoms with Gasteiger partial charge in [0.25, 0.3) is 0 Å². The Morgan fingerprint density at radius 3 is 2.28 bits per heavy atom. The van der Waals surface area contributed by atoms with Crippen LogP contribution in [0.25, 0.3) is 0 Å². The molecule has 1 N–H and O–H groups in total. The topological polar surface area (TPSA) is 20.2 Å². The van der Waals surface area contributed by atoms with Gasteiger partial charge in [-0.1, -0.05) is 63.9 Å². The lowest BCUT2D eigenvalue weighted by molar-refractivity contribution is 0.245. The molecule has 1 nitrogen and oxygen atoms in total. The van der Waals surface area contributed by atoms with Crippen LogP contribution in [0.4, 0.5) is 0 Å². The van der Waals surface area contributed by atoms with Crippen molar-refractivity contribution in [2.24, 2.45) is 5.92 Å². The highest BCUT2D eigenvalue weighted by Crippen LogP contribution is 2.37. The second kappa shape index (κ2) is 7.58. The number of benzene rings is 1. The summed E-state index contributed by atoms with van der Waals surface area (Å²) in [6.07, 6.45) is 5.80. The predicted molar refractivity (Wildman–Crippen MR) is 78.8 cm³/mol. The van der Waals surface area contributed by atoms with Gasteiger partial charge in [0.15, 0.2) is 0 Å². The summed E-state index contributed by atoms with van der Waals surface area (Å²) in [6, 6.07) is 10.8. The summed E-state index contributed by atoms with van der Waals surface area (Å²) in [7, 11) is 0. The molecule has 0 aliphatic carbocycles. The van der Waals surface area contributed by atoms with E-state index in [-0.39, 0.29) is 5.41 Å². The third-order valence-corrected chi connectivity index (χ3v) is 4.14. The van der Waals surface area contributed by atoms with Gasteiger partial charge in [0, 0.05) is 6.61 Å². The van der Waals surface area contributed by atoms with E-state index >= 15 is 0 Å². The van der Waals surface area contributed by atoms with E-state index in [0.29, 0.717) is 12.5 Å². The summed E-state index contributed by atoms with van der Waals surface area (Å²) in [5.74, 6) is 0.705. The number of unbranched alkanes of at least 4 members (excludes halogenated alkanes) is 1. The van der Waals surface area contributed by atoms with Gasteiger partial charge in [-0.05, 0) is 36.2 Å². The minimum atomic E-state index is 0.229. The van der Waals surface area contributed by atoms with Crippen LogP contribution in [0.5, 0.6) is 0 Å². The molecule has 0 heterocycles. The Bertz CT molecular complexity index is 316. The quantitative estimate of drug-likeness (QED) is 0.669. The zero-order chi connectivity index (χ0) is 13.4. The van der Waals surface area contributed by atoms with E-state index in [1.165, 1.54) is 24.8 Å². The van der Waals surface area contributed by atoms with Crippen molar-refractivity contribution in [3.05, 3.63) is 35.9 Å².